The third-order valence-corrected chi connectivity index (χ3v) is 4.39. The van der Waals surface area contributed by atoms with Crippen LogP contribution in [0.15, 0.2) is 53.5 Å². The van der Waals surface area contributed by atoms with Gasteiger partial charge in [0.15, 0.2) is 5.96 Å². The topological polar surface area (TPSA) is 74.8 Å². The van der Waals surface area contributed by atoms with Crippen molar-refractivity contribution in [2.45, 2.75) is 26.7 Å². The van der Waals surface area contributed by atoms with Gasteiger partial charge in [0, 0.05) is 32.2 Å². The van der Waals surface area contributed by atoms with Crippen molar-refractivity contribution in [3.63, 3.8) is 0 Å². The summed E-state index contributed by atoms with van der Waals surface area (Å²) in [5.74, 6) is 1.66. The van der Waals surface area contributed by atoms with E-state index in [4.69, 9.17) is 4.74 Å². The summed E-state index contributed by atoms with van der Waals surface area (Å²) >= 11 is 0. The Labute approximate surface area is 173 Å². The van der Waals surface area contributed by atoms with Gasteiger partial charge in [-0.2, -0.15) is 0 Å². The fraction of sp³-hybridized carbons (Fsp3) is 0.391. The maximum atomic E-state index is 11.8. The summed E-state index contributed by atoms with van der Waals surface area (Å²) in [5.41, 5.74) is 2.96. The molecule has 0 saturated carbocycles. The first-order valence-electron chi connectivity index (χ1n) is 10.2. The molecule has 0 fully saturated rings. The number of amides is 1. The number of carbonyl (C=O) groups is 1. The van der Waals surface area contributed by atoms with E-state index in [1.54, 1.807) is 7.05 Å². The van der Waals surface area contributed by atoms with Gasteiger partial charge in [0.2, 0.25) is 0 Å². The van der Waals surface area contributed by atoms with Crippen LogP contribution in [0.25, 0.3) is 0 Å². The van der Waals surface area contributed by atoms with Gasteiger partial charge in [0.1, 0.15) is 5.75 Å². The van der Waals surface area contributed by atoms with Gasteiger partial charge in [-0.15, -0.1) is 0 Å². The van der Waals surface area contributed by atoms with Gasteiger partial charge in [0.05, 0.1) is 6.61 Å². The SMILES string of the molecule is CCNC(=NCCc1ccccc1OCC)NCCc1cccc(C(=O)NC)c1. The fourth-order valence-corrected chi connectivity index (χ4v) is 2.97. The zero-order chi connectivity index (χ0) is 20.9. The van der Waals surface area contributed by atoms with Crippen molar-refractivity contribution in [3.05, 3.63) is 65.2 Å². The van der Waals surface area contributed by atoms with Crippen molar-refractivity contribution >= 4 is 11.9 Å². The van der Waals surface area contributed by atoms with E-state index < -0.39 is 0 Å². The molecule has 0 spiro atoms. The molecule has 2 aromatic rings. The maximum absolute atomic E-state index is 11.8. The summed E-state index contributed by atoms with van der Waals surface area (Å²) < 4.78 is 5.68. The summed E-state index contributed by atoms with van der Waals surface area (Å²) in [5, 5.41) is 9.30. The van der Waals surface area contributed by atoms with Crippen LogP contribution in [0.5, 0.6) is 5.75 Å². The first-order valence-corrected chi connectivity index (χ1v) is 10.2. The van der Waals surface area contributed by atoms with Gasteiger partial charge >= 0.3 is 0 Å². The standard InChI is InChI=1S/C23H32N4O2/c1-4-25-23(27-16-14-19-10-6-7-12-21(19)29-5-2)26-15-13-18-9-8-11-20(17-18)22(28)24-3/h6-12,17H,4-5,13-16H2,1-3H3,(H,24,28)(H2,25,26,27). The van der Waals surface area contributed by atoms with Gasteiger partial charge < -0.3 is 20.7 Å². The van der Waals surface area contributed by atoms with Crippen LogP contribution in [0, 0.1) is 0 Å². The Morgan fingerprint density at radius 2 is 1.86 bits per heavy atom. The number of rotatable bonds is 10. The first kappa shape index (κ1) is 22.3. The summed E-state index contributed by atoms with van der Waals surface area (Å²) in [7, 11) is 1.64. The molecule has 29 heavy (non-hydrogen) atoms. The molecule has 0 unspecified atom stereocenters. The monoisotopic (exact) mass is 396 g/mol. The molecule has 0 heterocycles. The molecule has 2 rings (SSSR count). The Morgan fingerprint density at radius 3 is 2.62 bits per heavy atom. The third-order valence-electron chi connectivity index (χ3n) is 4.39. The molecule has 0 aliphatic carbocycles. The quantitative estimate of drug-likeness (QED) is 0.426. The molecular formula is C23H32N4O2. The molecule has 3 N–H and O–H groups in total. The van der Waals surface area contributed by atoms with E-state index >= 15 is 0 Å². The molecule has 6 heteroatoms. The molecule has 1 amide bonds. The predicted octanol–water partition coefficient (Wildman–Crippen LogP) is 2.79. The van der Waals surface area contributed by atoms with Crippen LogP contribution in [-0.2, 0) is 12.8 Å². The highest BCUT2D eigenvalue weighted by molar-refractivity contribution is 5.94. The normalized spacial score (nSPS) is 11.1. The van der Waals surface area contributed by atoms with Crippen LogP contribution >= 0.6 is 0 Å². The highest BCUT2D eigenvalue weighted by Gasteiger charge is 2.05. The maximum Gasteiger partial charge on any atom is 0.251 e. The van der Waals surface area contributed by atoms with Crippen LogP contribution in [0.3, 0.4) is 0 Å². The van der Waals surface area contributed by atoms with Crippen LogP contribution in [0.4, 0.5) is 0 Å². The molecule has 0 saturated heterocycles. The highest BCUT2D eigenvalue weighted by atomic mass is 16.5. The average Bonchev–Trinajstić information content (AvgIpc) is 2.75. The van der Waals surface area contributed by atoms with Gasteiger partial charge in [-0.3, -0.25) is 9.79 Å². The lowest BCUT2D eigenvalue weighted by atomic mass is 10.1. The minimum atomic E-state index is -0.0676. The van der Waals surface area contributed by atoms with Gasteiger partial charge in [-0.05, 0) is 56.0 Å². The minimum absolute atomic E-state index is 0.0676. The van der Waals surface area contributed by atoms with Crippen LogP contribution in [0.2, 0.25) is 0 Å². The van der Waals surface area contributed by atoms with Crippen molar-refractivity contribution in [1.82, 2.24) is 16.0 Å². The minimum Gasteiger partial charge on any atom is -0.494 e. The lowest BCUT2D eigenvalue weighted by Gasteiger charge is -2.12. The molecule has 0 atom stereocenters. The number of benzene rings is 2. The third kappa shape index (κ3) is 7.49. The Balaban J connectivity index is 1.89. The molecule has 0 radical (unpaired) electrons. The smallest absolute Gasteiger partial charge is 0.251 e. The second-order valence-electron chi connectivity index (χ2n) is 6.51. The Bertz CT molecular complexity index is 805. The van der Waals surface area contributed by atoms with Crippen molar-refractivity contribution in [3.8, 4) is 5.75 Å². The van der Waals surface area contributed by atoms with Crippen LogP contribution in [-0.4, -0.2) is 45.2 Å². The summed E-state index contributed by atoms with van der Waals surface area (Å²) in [6, 6.07) is 15.8. The molecule has 6 nitrogen and oxygen atoms in total. The summed E-state index contributed by atoms with van der Waals surface area (Å²) in [6.07, 6.45) is 1.63. The van der Waals surface area contributed by atoms with Crippen molar-refractivity contribution in [1.29, 1.82) is 0 Å². The largest absolute Gasteiger partial charge is 0.494 e. The first-order chi connectivity index (χ1) is 14.2. The molecule has 2 aromatic carbocycles. The number of nitrogens with one attached hydrogen (secondary N) is 3. The number of nitrogens with zero attached hydrogens (tertiary/aromatic N) is 1. The number of ether oxygens (including phenoxy) is 1. The zero-order valence-corrected chi connectivity index (χ0v) is 17.6. The van der Waals surface area contributed by atoms with E-state index in [0.717, 1.165) is 43.2 Å². The summed E-state index contributed by atoms with van der Waals surface area (Å²) in [4.78, 5) is 16.4. The van der Waals surface area contributed by atoms with E-state index in [1.165, 1.54) is 5.56 Å². The number of carbonyl (C=O) groups excluding carboxylic acids is 1. The Kier molecular flexibility index (Phi) is 9.55. The van der Waals surface area contributed by atoms with Gasteiger partial charge in [0.25, 0.3) is 5.91 Å². The molecule has 0 aliphatic heterocycles. The predicted molar refractivity (Wildman–Crippen MR) is 119 cm³/mol. The van der Waals surface area contributed by atoms with E-state index in [9.17, 15) is 4.79 Å². The number of guanidine groups is 1. The highest BCUT2D eigenvalue weighted by Crippen LogP contribution is 2.18. The van der Waals surface area contributed by atoms with E-state index in [0.29, 0.717) is 18.7 Å². The fourth-order valence-electron chi connectivity index (χ4n) is 2.97. The van der Waals surface area contributed by atoms with Gasteiger partial charge in [-0.1, -0.05) is 30.3 Å². The molecule has 0 aromatic heterocycles. The second-order valence-corrected chi connectivity index (χ2v) is 6.51. The van der Waals surface area contributed by atoms with E-state index in [1.807, 2.05) is 49.4 Å². The second kappa shape index (κ2) is 12.4. The van der Waals surface area contributed by atoms with Crippen LogP contribution in [0.1, 0.15) is 35.3 Å². The Morgan fingerprint density at radius 1 is 1.03 bits per heavy atom. The lowest BCUT2D eigenvalue weighted by Crippen LogP contribution is -2.38. The number of aliphatic imine (C=N–C) groups is 1. The van der Waals surface area contributed by atoms with Crippen LogP contribution < -0.4 is 20.7 Å². The number of hydrogen-bond donors (Lipinski definition) is 3. The molecule has 156 valence electrons. The van der Waals surface area contributed by atoms with Crippen molar-refractivity contribution in [2.24, 2.45) is 4.99 Å². The van der Waals surface area contributed by atoms with E-state index in [-0.39, 0.29) is 5.91 Å². The van der Waals surface area contributed by atoms with Gasteiger partial charge in [-0.25, -0.2) is 0 Å². The number of para-hydroxylation sites is 1. The number of hydrogen-bond acceptors (Lipinski definition) is 3. The van der Waals surface area contributed by atoms with Crippen molar-refractivity contribution in [2.75, 3.05) is 33.3 Å². The Hall–Kier alpha value is -3.02. The average molecular weight is 397 g/mol. The lowest BCUT2D eigenvalue weighted by molar-refractivity contribution is 0.0963. The zero-order valence-electron chi connectivity index (χ0n) is 17.6. The molecular weight excluding hydrogens is 364 g/mol. The van der Waals surface area contributed by atoms with E-state index in [2.05, 4.69) is 33.9 Å². The molecule has 0 bridgehead atoms. The summed E-state index contributed by atoms with van der Waals surface area (Å²) in [6.45, 7) is 6.91. The van der Waals surface area contributed by atoms with Crippen molar-refractivity contribution < 1.29 is 9.53 Å². The molecule has 0 aliphatic rings.